The number of alkyl halides is 1. The summed E-state index contributed by atoms with van der Waals surface area (Å²) in [6.45, 7) is 1.34. The maximum Gasteiger partial charge on any atom is 0.338 e. The second kappa shape index (κ2) is 7.21. The van der Waals surface area contributed by atoms with Crippen LogP contribution in [-0.4, -0.2) is 35.4 Å². The lowest BCUT2D eigenvalue weighted by Crippen LogP contribution is -2.18. The molecule has 6 heteroatoms. The fraction of sp³-hybridized carbons (Fsp3) is 0.333. The summed E-state index contributed by atoms with van der Waals surface area (Å²) in [6, 6.07) is 13.1. The third-order valence-electron chi connectivity index (χ3n) is 3.78. The van der Waals surface area contributed by atoms with E-state index in [-0.39, 0.29) is 18.3 Å². The molecule has 1 aliphatic heterocycles. The minimum absolute atomic E-state index is 0.0918. The van der Waals surface area contributed by atoms with Crippen LogP contribution in [-0.2, 0) is 14.3 Å². The zero-order valence-electron chi connectivity index (χ0n) is 13.1. The Kier molecular flexibility index (Phi) is 5.04. The maximum absolute atomic E-state index is 13.8. The number of fused-ring (bicyclic) bond motifs is 1. The Balaban J connectivity index is 1.58. The van der Waals surface area contributed by atoms with Crippen molar-refractivity contribution in [3.8, 4) is 0 Å². The summed E-state index contributed by atoms with van der Waals surface area (Å²) in [6.07, 6.45) is -1.03. The molecular weight excluding hydrogens is 331 g/mol. The lowest BCUT2D eigenvalue weighted by Gasteiger charge is -2.12. The summed E-state index contributed by atoms with van der Waals surface area (Å²) in [5.74, 6) is -0.948. The Labute approximate surface area is 143 Å². The molecule has 0 aliphatic carbocycles. The zero-order valence-corrected chi connectivity index (χ0v) is 13.9. The Morgan fingerprint density at radius 2 is 1.96 bits per heavy atom. The molecule has 1 saturated heterocycles. The van der Waals surface area contributed by atoms with Gasteiger partial charge in [-0.3, -0.25) is 4.79 Å². The number of ether oxygens (including phenoxy) is 2. The number of esters is 2. The van der Waals surface area contributed by atoms with Gasteiger partial charge in [0.1, 0.15) is 12.8 Å². The second-order valence-electron chi connectivity index (χ2n) is 5.65. The fourth-order valence-electron chi connectivity index (χ4n) is 2.63. The monoisotopic (exact) mass is 348 g/mol. The predicted molar refractivity (Wildman–Crippen MR) is 90.7 cm³/mol. The molecule has 0 unspecified atom stereocenters. The molecule has 0 amide bonds. The highest BCUT2D eigenvalue weighted by Gasteiger charge is 2.38. The van der Waals surface area contributed by atoms with Crippen molar-refractivity contribution < 1.29 is 23.5 Å². The van der Waals surface area contributed by atoms with Crippen molar-refractivity contribution >= 4 is 34.5 Å². The molecular formula is C18H17FO4S. The van der Waals surface area contributed by atoms with Gasteiger partial charge in [0, 0.05) is 12.2 Å². The van der Waals surface area contributed by atoms with Gasteiger partial charge in [-0.2, -0.15) is 0 Å². The number of benzene rings is 2. The van der Waals surface area contributed by atoms with Gasteiger partial charge >= 0.3 is 11.9 Å². The standard InChI is InChI=1S/C18H17FO4S/c1-11(20)23-18-16(19)9-15(24-18)10-22-17(21)14-7-6-12-4-2-3-5-13(12)8-14/h2-8,15-16,18H,9-10H2,1H3/t15-,16-,18+/m0/s1. The van der Waals surface area contributed by atoms with Gasteiger partial charge in [0.2, 0.25) is 0 Å². The molecule has 4 nitrogen and oxygen atoms in total. The molecule has 1 heterocycles. The largest absolute Gasteiger partial charge is 0.461 e. The second-order valence-corrected chi connectivity index (χ2v) is 7.05. The van der Waals surface area contributed by atoms with Crippen molar-refractivity contribution in [1.29, 1.82) is 0 Å². The van der Waals surface area contributed by atoms with Crippen LogP contribution in [0.25, 0.3) is 10.8 Å². The topological polar surface area (TPSA) is 52.6 Å². The number of hydrogen-bond donors (Lipinski definition) is 0. The Morgan fingerprint density at radius 3 is 2.71 bits per heavy atom. The number of carbonyl (C=O) groups is 2. The van der Waals surface area contributed by atoms with E-state index in [1.165, 1.54) is 18.7 Å². The van der Waals surface area contributed by atoms with Crippen molar-refractivity contribution in [2.75, 3.05) is 6.61 Å². The van der Waals surface area contributed by atoms with Crippen LogP contribution in [0.4, 0.5) is 4.39 Å². The molecule has 3 rings (SSSR count). The number of thioether (sulfide) groups is 1. The van der Waals surface area contributed by atoms with Crippen molar-refractivity contribution in [3.05, 3.63) is 48.0 Å². The number of halogens is 1. The molecule has 2 aromatic rings. The molecule has 0 saturated carbocycles. The fourth-order valence-corrected chi connectivity index (χ4v) is 3.93. The van der Waals surface area contributed by atoms with Gasteiger partial charge in [0.15, 0.2) is 5.44 Å². The first kappa shape index (κ1) is 16.8. The van der Waals surface area contributed by atoms with E-state index < -0.39 is 23.5 Å². The molecule has 1 fully saturated rings. The first-order valence-electron chi connectivity index (χ1n) is 7.65. The molecule has 0 aromatic heterocycles. The van der Waals surface area contributed by atoms with E-state index in [4.69, 9.17) is 9.47 Å². The van der Waals surface area contributed by atoms with Crippen LogP contribution in [0.2, 0.25) is 0 Å². The van der Waals surface area contributed by atoms with Crippen LogP contribution < -0.4 is 0 Å². The smallest absolute Gasteiger partial charge is 0.338 e. The van der Waals surface area contributed by atoms with Gasteiger partial charge < -0.3 is 9.47 Å². The number of carbonyl (C=O) groups excluding carboxylic acids is 2. The molecule has 0 bridgehead atoms. The first-order chi connectivity index (χ1) is 11.5. The summed E-state index contributed by atoms with van der Waals surface area (Å²) in [4.78, 5) is 23.1. The minimum atomic E-state index is -1.23. The molecule has 3 atom stereocenters. The highest BCUT2D eigenvalue weighted by Crippen LogP contribution is 2.37. The summed E-state index contributed by atoms with van der Waals surface area (Å²) in [5.41, 5.74) is -0.350. The zero-order chi connectivity index (χ0) is 17.1. The third-order valence-corrected chi connectivity index (χ3v) is 5.15. The van der Waals surface area contributed by atoms with E-state index in [2.05, 4.69) is 0 Å². The molecule has 0 N–H and O–H groups in total. The van der Waals surface area contributed by atoms with E-state index in [0.29, 0.717) is 5.56 Å². The Hall–Kier alpha value is -2.08. The summed E-state index contributed by atoms with van der Waals surface area (Å²) in [5, 5.41) is 1.79. The van der Waals surface area contributed by atoms with Crippen LogP contribution in [0.5, 0.6) is 0 Å². The van der Waals surface area contributed by atoms with E-state index in [0.717, 1.165) is 10.8 Å². The average molecular weight is 348 g/mol. The van der Waals surface area contributed by atoms with Gasteiger partial charge in [-0.05, 0) is 29.3 Å². The summed E-state index contributed by atoms with van der Waals surface area (Å²) < 4.78 is 24.0. The Morgan fingerprint density at radius 1 is 1.21 bits per heavy atom. The van der Waals surface area contributed by atoms with Crippen LogP contribution in [0, 0.1) is 0 Å². The van der Waals surface area contributed by atoms with Crippen molar-refractivity contribution in [1.82, 2.24) is 0 Å². The van der Waals surface area contributed by atoms with Crippen LogP contribution in [0.1, 0.15) is 23.7 Å². The quantitative estimate of drug-likeness (QED) is 0.788. The van der Waals surface area contributed by atoms with Gasteiger partial charge in [-0.15, -0.1) is 11.8 Å². The third kappa shape index (κ3) is 3.87. The average Bonchev–Trinajstić information content (AvgIpc) is 2.91. The lowest BCUT2D eigenvalue weighted by atomic mass is 10.1. The van der Waals surface area contributed by atoms with E-state index >= 15 is 0 Å². The van der Waals surface area contributed by atoms with E-state index in [1.807, 2.05) is 30.3 Å². The highest BCUT2D eigenvalue weighted by atomic mass is 32.2. The van der Waals surface area contributed by atoms with Gasteiger partial charge in [-0.1, -0.05) is 30.3 Å². The molecule has 24 heavy (non-hydrogen) atoms. The SMILES string of the molecule is CC(=O)O[C@@H]1S[C@H](COC(=O)c2ccc3ccccc3c2)C[C@@H]1F. The van der Waals surface area contributed by atoms with Gasteiger partial charge in [0.25, 0.3) is 0 Å². The number of rotatable bonds is 4. The van der Waals surface area contributed by atoms with Gasteiger partial charge in [0.05, 0.1) is 5.56 Å². The van der Waals surface area contributed by atoms with Crippen molar-refractivity contribution in [2.24, 2.45) is 0 Å². The summed E-state index contributed by atoms with van der Waals surface area (Å²) in [7, 11) is 0. The predicted octanol–water partition coefficient (Wildman–Crippen LogP) is 3.73. The Bertz CT molecular complexity index is 764. The molecule has 2 aromatic carbocycles. The normalized spacial score (nSPS) is 23.2. The first-order valence-corrected chi connectivity index (χ1v) is 8.60. The number of hydrogen-bond acceptors (Lipinski definition) is 5. The maximum atomic E-state index is 13.8. The van der Waals surface area contributed by atoms with Crippen LogP contribution in [0.15, 0.2) is 42.5 Å². The molecule has 126 valence electrons. The minimum Gasteiger partial charge on any atom is -0.461 e. The van der Waals surface area contributed by atoms with Crippen LogP contribution >= 0.6 is 11.8 Å². The van der Waals surface area contributed by atoms with Crippen molar-refractivity contribution in [3.63, 3.8) is 0 Å². The molecule has 0 radical (unpaired) electrons. The van der Waals surface area contributed by atoms with Crippen LogP contribution in [0.3, 0.4) is 0 Å². The van der Waals surface area contributed by atoms with Crippen molar-refractivity contribution in [2.45, 2.75) is 30.2 Å². The highest BCUT2D eigenvalue weighted by molar-refractivity contribution is 8.00. The molecule has 0 spiro atoms. The van der Waals surface area contributed by atoms with E-state index in [9.17, 15) is 14.0 Å². The lowest BCUT2D eigenvalue weighted by molar-refractivity contribution is -0.144. The van der Waals surface area contributed by atoms with E-state index in [1.54, 1.807) is 12.1 Å². The van der Waals surface area contributed by atoms with Gasteiger partial charge in [-0.25, -0.2) is 9.18 Å². The molecule has 1 aliphatic rings. The summed E-state index contributed by atoms with van der Waals surface area (Å²) >= 11 is 1.19.